The Kier molecular flexibility index (Phi) is 7.49. The molecule has 9 heteroatoms. The number of aryl methyl sites for hydroxylation is 2. The number of furan rings is 1. The smallest absolute Gasteiger partial charge is 0.379 e. The number of nitrogens with zero attached hydrogens (tertiary/aromatic N) is 1. The summed E-state index contributed by atoms with van der Waals surface area (Å²) in [7, 11) is 0. The summed E-state index contributed by atoms with van der Waals surface area (Å²) in [5, 5.41) is 11.9. The maximum absolute atomic E-state index is 13.1. The van der Waals surface area contributed by atoms with Gasteiger partial charge in [-0.3, -0.25) is 0 Å². The van der Waals surface area contributed by atoms with Crippen molar-refractivity contribution in [3.05, 3.63) is 134 Å². The number of nitrogens with two attached hydrogens (primary N) is 1. The molecule has 7 nitrogen and oxygen atoms in total. The number of fused-ring (bicyclic) bond motifs is 2. The Morgan fingerprint density at radius 2 is 1.72 bits per heavy atom. The molecule has 1 aliphatic heterocycles. The van der Waals surface area contributed by atoms with Crippen LogP contribution in [0.25, 0.3) is 11.0 Å². The van der Waals surface area contributed by atoms with Gasteiger partial charge in [-0.25, -0.2) is 4.79 Å². The van der Waals surface area contributed by atoms with E-state index in [0.29, 0.717) is 44.9 Å². The Morgan fingerprint density at radius 3 is 2.47 bits per heavy atom. The van der Waals surface area contributed by atoms with E-state index in [-0.39, 0.29) is 23.0 Å². The lowest BCUT2D eigenvalue weighted by Gasteiger charge is -2.26. The molecule has 214 valence electrons. The van der Waals surface area contributed by atoms with Gasteiger partial charge in [0.1, 0.15) is 41.1 Å². The first-order valence-corrected chi connectivity index (χ1v) is 14.1. The number of nitriles is 1. The quantitative estimate of drug-likeness (QED) is 0.152. The number of rotatable bonds is 6. The molecule has 5 aromatic rings. The summed E-state index contributed by atoms with van der Waals surface area (Å²) in [5.41, 5.74) is 10.8. The molecule has 0 amide bonds. The lowest BCUT2D eigenvalue weighted by Crippen LogP contribution is -2.21. The summed E-state index contributed by atoms with van der Waals surface area (Å²) < 4.78 is 23.2. The first kappa shape index (κ1) is 28.2. The second-order valence-electron chi connectivity index (χ2n) is 10.1. The van der Waals surface area contributed by atoms with Crippen LogP contribution in [0.4, 0.5) is 0 Å². The van der Waals surface area contributed by atoms with Gasteiger partial charge in [0.2, 0.25) is 11.6 Å². The molecule has 2 heterocycles. The molecule has 0 aliphatic carbocycles. The summed E-state index contributed by atoms with van der Waals surface area (Å²) >= 11 is 12.5. The number of hydrogen-bond donors (Lipinski definition) is 1. The van der Waals surface area contributed by atoms with Crippen LogP contribution in [0.5, 0.6) is 17.2 Å². The normalized spacial score (nSPS) is 14.2. The fourth-order valence-electron chi connectivity index (χ4n) is 5.06. The molecular formula is C34H24Cl2N2O5. The van der Waals surface area contributed by atoms with Crippen molar-refractivity contribution in [2.24, 2.45) is 5.73 Å². The summed E-state index contributed by atoms with van der Waals surface area (Å²) in [6.45, 7) is 3.95. The number of ether oxygens (including phenoxy) is 3. The van der Waals surface area contributed by atoms with Crippen LogP contribution in [0, 0.1) is 25.2 Å². The Hall–Kier alpha value is -4.90. The zero-order valence-electron chi connectivity index (χ0n) is 23.1. The third-order valence-corrected chi connectivity index (χ3v) is 8.15. The van der Waals surface area contributed by atoms with Gasteiger partial charge in [0.05, 0.1) is 5.92 Å². The van der Waals surface area contributed by atoms with E-state index in [9.17, 15) is 10.1 Å². The maximum atomic E-state index is 13.1. The van der Waals surface area contributed by atoms with Crippen molar-refractivity contribution < 1.29 is 23.4 Å². The minimum absolute atomic E-state index is 0.0251. The minimum atomic E-state index is -0.664. The number of hydrogen-bond acceptors (Lipinski definition) is 7. The van der Waals surface area contributed by atoms with Crippen LogP contribution in [-0.2, 0) is 6.61 Å². The van der Waals surface area contributed by atoms with Crippen molar-refractivity contribution in [3.63, 3.8) is 0 Å². The highest BCUT2D eigenvalue weighted by Gasteiger charge is 2.31. The summed E-state index contributed by atoms with van der Waals surface area (Å²) in [4.78, 5) is 13.1. The van der Waals surface area contributed by atoms with Gasteiger partial charge < -0.3 is 24.4 Å². The monoisotopic (exact) mass is 610 g/mol. The Bertz CT molecular complexity index is 1970. The number of esters is 1. The van der Waals surface area contributed by atoms with Crippen LogP contribution in [-0.4, -0.2) is 5.97 Å². The molecule has 0 radical (unpaired) electrons. The van der Waals surface area contributed by atoms with E-state index >= 15 is 0 Å². The van der Waals surface area contributed by atoms with E-state index < -0.39 is 11.9 Å². The maximum Gasteiger partial charge on any atom is 0.379 e. The molecule has 0 spiro atoms. The molecule has 6 rings (SSSR count). The number of benzene rings is 4. The molecule has 2 N–H and O–H groups in total. The van der Waals surface area contributed by atoms with Gasteiger partial charge in [-0.15, -0.1) is 0 Å². The van der Waals surface area contributed by atoms with Crippen LogP contribution >= 0.6 is 23.2 Å². The SMILES string of the molecule is Cc1cc2oc(C(=O)Oc3ccc4c(c3)OC(N)=C(C#N)C4c3ccc(OCc4ccccc4Cl)cc3)c(C)c2cc1Cl. The fraction of sp³-hybridized carbons (Fsp3) is 0.118. The van der Waals surface area contributed by atoms with Gasteiger partial charge in [0.15, 0.2) is 0 Å². The van der Waals surface area contributed by atoms with E-state index in [1.54, 1.807) is 37.3 Å². The van der Waals surface area contributed by atoms with Crippen LogP contribution in [0.2, 0.25) is 10.0 Å². The Balaban J connectivity index is 1.25. The molecule has 1 aromatic heterocycles. The first-order chi connectivity index (χ1) is 20.7. The number of carbonyl (C=O) groups is 1. The largest absolute Gasteiger partial charge is 0.489 e. The van der Waals surface area contributed by atoms with Crippen LogP contribution in [0.1, 0.15) is 44.3 Å². The second-order valence-corrected chi connectivity index (χ2v) is 10.9. The highest BCUT2D eigenvalue weighted by molar-refractivity contribution is 6.32. The number of allylic oxidation sites excluding steroid dienone is 1. The zero-order chi connectivity index (χ0) is 30.2. The fourth-order valence-corrected chi connectivity index (χ4v) is 5.42. The molecule has 1 aliphatic rings. The lowest BCUT2D eigenvalue weighted by molar-refractivity contribution is 0.0702. The van der Waals surface area contributed by atoms with Gasteiger partial charge in [0, 0.05) is 38.2 Å². The van der Waals surface area contributed by atoms with Crippen molar-refractivity contribution in [1.29, 1.82) is 5.26 Å². The summed E-state index contributed by atoms with van der Waals surface area (Å²) in [5.74, 6) is 0.138. The predicted molar refractivity (Wildman–Crippen MR) is 164 cm³/mol. The molecule has 43 heavy (non-hydrogen) atoms. The molecule has 0 fully saturated rings. The number of carbonyl (C=O) groups excluding carboxylic acids is 1. The van der Waals surface area contributed by atoms with Crippen LogP contribution in [0.15, 0.2) is 94.7 Å². The second kappa shape index (κ2) is 11.4. The average Bonchev–Trinajstić information content (AvgIpc) is 3.31. The van der Waals surface area contributed by atoms with Gasteiger partial charge in [-0.1, -0.05) is 59.6 Å². The number of halogens is 2. The van der Waals surface area contributed by atoms with E-state index in [1.807, 2.05) is 55.5 Å². The molecule has 0 saturated heterocycles. The van der Waals surface area contributed by atoms with Crippen molar-refractivity contribution in [3.8, 4) is 23.3 Å². The van der Waals surface area contributed by atoms with Gasteiger partial charge in [0.25, 0.3) is 0 Å². The van der Waals surface area contributed by atoms with Crippen molar-refractivity contribution >= 4 is 40.1 Å². The summed E-state index contributed by atoms with van der Waals surface area (Å²) in [6.07, 6.45) is 0. The van der Waals surface area contributed by atoms with Gasteiger partial charge in [-0.05, 0) is 61.4 Å². The topological polar surface area (TPSA) is 108 Å². The van der Waals surface area contributed by atoms with Crippen molar-refractivity contribution in [2.75, 3.05) is 0 Å². The third-order valence-electron chi connectivity index (χ3n) is 7.37. The molecule has 4 aromatic carbocycles. The Labute approximate surface area is 257 Å². The standard InChI is InChI=1S/C34H24Cl2N2O5/c1-18-13-29-25(15-28(18)36)19(2)32(42-29)34(39)41-23-11-12-24-30(14-23)43-33(38)26(16-37)31(24)20-7-9-22(10-8-20)40-17-21-5-3-4-6-27(21)35/h3-15,31H,17,38H2,1-2H3. The molecule has 1 atom stereocenters. The van der Waals surface area contributed by atoms with Crippen molar-refractivity contribution in [2.45, 2.75) is 26.4 Å². The van der Waals surface area contributed by atoms with E-state index in [0.717, 1.165) is 22.1 Å². The highest BCUT2D eigenvalue weighted by atomic mass is 35.5. The minimum Gasteiger partial charge on any atom is -0.489 e. The summed E-state index contributed by atoms with van der Waals surface area (Å²) in [6, 6.07) is 25.6. The highest BCUT2D eigenvalue weighted by Crippen LogP contribution is 2.44. The first-order valence-electron chi connectivity index (χ1n) is 13.3. The molecule has 1 unspecified atom stereocenters. The molecular weight excluding hydrogens is 587 g/mol. The Morgan fingerprint density at radius 1 is 0.977 bits per heavy atom. The van der Waals surface area contributed by atoms with E-state index in [4.69, 9.17) is 47.6 Å². The zero-order valence-corrected chi connectivity index (χ0v) is 24.6. The van der Waals surface area contributed by atoms with E-state index in [1.165, 1.54) is 0 Å². The lowest BCUT2D eigenvalue weighted by atomic mass is 9.83. The van der Waals surface area contributed by atoms with Crippen LogP contribution < -0.4 is 19.9 Å². The van der Waals surface area contributed by atoms with E-state index in [2.05, 4.69) is 6.07 Å². The average molecular weight is 611 g/mol. The molecule has 0 saturated carbocycles. The van der Waals surface area contributed by atoms with Crippen LogP contribution in [0.3, 0.4) is 0 Å². The molecule has 0 bridgehead atoms. The van der Waals surface area contributed by atoms with Gasteiger partial charge >= 0.3 is 5.97 Å². The predicted octanol–water partition coefficient (Wildman–Crippen LogP) is 8.37. The van der Waals surface area contributed by atoms with Gasteiger partial charge in [-0.2, -0.15) is 5.26 Å². The third kappa shape index (κ3) is 5.39. The van der Waals surface area contributed by atoms with Crippen molar-refractivity contribution in [1.82, 2.24) is 0 Å².